The van der Waals surface area contributed by atoms with Crippen molar-refractivity contribution in [1.29, 1.82) is 0 Å². The van der Waals surface area contributed by atoms with Crippen LogP contribution in [-0.2, 0) is 11.2 Å². The molecule has 0 aliphatic heterocycles. The second-order valence-electron chi connectivity index (χ2n) is 7.31. The lowest BCUT2D eigenvalue weighted by atomic mass is 9.85. The summed E-state index contributed by atoms with van der Waals surface area (Å²) in [6.45, 7) is 6.35. The first kappa shape index (κ1) is 17.7. The number of rotatable bonds is 7. The van der Waals surface area contributed by atoms with Crippen molar-refractivity contribution in [2.45, 2.75) is 64.6 Å². The van der Waals surface area contributed by atoms with Crippen molar-refractivity contribution in [2.75, 3.05) is 0 Å². The fourth-order valence-electron chi connectivity index (χ4n) is 3.20. The Kier molecular flexibility index (Phi) is 5.59. The number of aryl methyl sites for hydroxylation is 2. The molecule has 25 heavy (non-hydrogen) atoms. The van der Waals surface area contributed by atoms with Crippen LogP contribution in [0.5, 0.6) is 0 Å². The van der Waals surface area contributed by atoms with Crippen LogP contribution in [0.3, 0.4) is 0 Å². The van der Waals surface area contributed by atoms with Crippen LogP contribution < -0.4 is 10.6 Å². The van der Waals surface area contributed by atoms with Crippen molar-refractivity contribution in [1.82, 2.24) is 10.6 Å². The summed E-state index contributed by atoms with van der Waals surface area (Å²) in [4.78, 5) is 12.2. The Morgan fingerprint density at radius 3 is 2.48 bits per heavy atom. The minimum atomic E-state index is 0.105. The summed E-state index contributed by atoms with van der Waals surface area (Å²) in [6.07, 6.45) is 3.30. The van der Waals surface area contributed by atoms with E-state index in [-0.39, 0.29) is 11.9 Å². The second-order valence-corrected chi connectivity index (χ2v) is 7.31. The van der Waals surface area contributed by atoms with Crippen LogP contribution >= 0.6 is 0 Å². The lowest BCUT2D eigenvalue weighted by Gasteiger charge is -2.39. The number of carbonyl (C=O) groups excluding carboxylic acids is 1. The number of benzene rings is 1. The first-order chi connectivity index (χ1) is 12.0. The zero-order valence-corrected chi connectivity index (χ0v) is 15.3. The Bertz CT molecular complexity index is 703. The smallest absolute Gasteiger partial charge is 0.220 e. The summed E-state index contributed by atoms with van der Waals surface area (Å²) < 4.78 is 5.89. The highest BCUT2D eigenvalue weighted by Gasteiger charge is 2.31. The molecule has 0 saturated heterocycles. The lowest BCUT2D eigenvalue weighted by molar-refractivity contribution is -0.122. The zero-order valence-electron chi connectivity index (χ0n) is 15.3. The molecule has 1 aliphatic carbocycles. The Labute approximate surface area is 150 Å². The summed E-state index contributed by atoms with van der Waals surface area (Å²) >= 11 is 0. The lowest BCUT2D eigenvalue weighted by Crippen LogP contribution is -2.58. The van der Waals surface area contributed by atoms with Crippen LogP contribution in [0.25, 0.3) is 11.3 Å². The SMILES string of the molecule is Cc1ccc(-c2ccc(CCC(=O)NC3CCC3NC(C)C)o2)cc1. The standard InChI is InChI=1S/C21H28N2O2/c1-14(2)22-18-10-11-19(18)23-21(24)13-9-17-8-12-20(25-17)16-6-4-15(3)5-7-16/h4-8,12,14,18-19,22H,9-11,13H2,1-3H3,(H,23,24). The topological polar surface area (TPSA) is 54.3 Å². The maximum atomic E-state index is 12.2. The highest BCUT2D eigenvalue weighted by atomic mass is 16.3. The summed E-state index contributed by atoms with van der Waals surface area (Å²) in [5, 5.41) is 6.64. The van der Waals surface area contributed by atoms with Gasteiger partial charge in [-0.2, -0.15) is 0 Å². The van der Waals surface area contributed by atoms with Crippen molar-refractivity contribution >= 4 is 5.91 Å². The van der Waals surface area contributed by atoms with Gasteiger partial charge < -0.3 is 15.1 Å². The van der Waals surface area contributed by atoms with Crippen molar-refractivity contribution in [3.63, 3.8) is 0 Å². The molecule has 1 fully saturated rings. The van der Waals surface area contributed by atoms with Crippen LogP contribution in [0, 0.1) is 6.92 Å². The Balaban J connectivity index is 1.47. The third-order valence-electron chi connectivity index (χ3n) is 4.76. The van der Waals surface area contributed by atoms with Gasteiger partial charge in [-0.3, -0.25) is 4.79 Å². The van der Waals surface area contributed by atoms with Crippen molar-refractivity contribution in [3.05, 3.63) is 47.7 Å². The number of hydrogen-bond acceptors (Lipinski definition) is 3. The van der Waals surface area contributed by atoms with Crippen molar-refractivity contribution in [2.24, 2.45) is 0 Å². The van der Waals surface area contributed by atoms with E-state index in [2.05, 4.69) is 55.7 Å². The molecule has 1 aliphatic rings. The molecule has 1 aromatic carbocycles. The molecule has 1 aromatic heterocycles. The largest absolute Gasteiger partial charge is 0.461 e. The molecule has 0 radical (unpaired) electrons. The Morgan fingerprint density at radius 2 is 1.84 bits per heavy atom. The monoisotopic (exact) mass is 340 g/mol. The molecule has 0 spiro atoms. The van der Waals surface area contributed by atoms with E-state index in [4.69, 9.17) is 4.42 Å². The highest BCUT2D eigenvalue weighted by Crippen LogP contribution is 2.24. The normalized spacial score (nSPS) is 19.7. The molecule has 1 amide bonds. The predicted molar refractivity (Wildman–Crippen MR) is 100 cm³/mol. The van der Waals surface area contributed by atoms with Gasteiger partial charge in [0.1, 0.15) is 11.5 Å². The van der Waals surface area contributed by atoms with Gasteiger partial charge in [0.15, 0.2) is 0 Å². The Morgan fingerprint density at radius 1 is 1.12 bits per heavy atom. The van der Waals surface area contributed by atoms with Crippen molar-refractivity contribution < 1.29 is 9.21 Å². The predicted octanol–water partition coefficient (Wildman–Crippen LogP) is 3.83. The molecule has 1 saturated carbocycles. The zero-order chi connectivity index (χ0) is 17.8. The highest BCUT2D eigenvalue weighted by molar-refractivity contribution is 5.76. The van der Waals surface area contributed by atoms with Gasteiger partial charge in [-0.25, -0.2) is 0 Å². The quantitative estimate of drug-likeness (QED) is 0.805. The molecule has 2 aromatic rings. The van der Waals surface area contributed by atoms with Crippen LogP contribution in [0.4, 0.5) is 0 Å². The molecular formula is C21H28N2O2. The van der Waals surface area contributed by atoms with Crippen LogP contribution in [0.15, 0.2) is 40.8 Å². The van der Waals surface area contributed by atoms with Gasteiger partial charge in [0.2, 0.25) is 5.91 Å². The molecule has 4 heteroatoms. The molecular weight excluding hydrogens is 312 g/mol. The number of hydrogen-bond donors (Lipinski definition) is 2. The average molecular weight is 340 g/mol. The summed E-state index contributed by atoms with van der Waals surface area (Å²) in [5.41, 5.74) is 2.30. The number of furan rings is 1. The van der Waals surface area contributed by atoms with E-state index in [9.17, 15) is 4.79 Å². The number of carbonyl (C=O) groups is 1. The minimum absolute atomic E-state index is 0.105. The van der Waals surface area contributed by atoms with Crippen LogP contribution in [0.1, 0.15) is 44.4 Å². The second kappa shape index (κ2) is 7.87. The van der Waals surface area contributed by atoms with E-state index in [1.165, 1.54) is 5.56 Å². The van der Waals surface area contributed by atoms with Gasteiger partial charge in [0, 0.05) is 36.5 Å². The molecule has 2 N–H and O–H groups in total. The fourth-order valence-corrected chi connectivity index (χ4v) is 3.20. The summed E-state index contributed by atoms with van der Waals surface area (Å²) in [5.74, 6) is 1.82. The summed E-state index contributed by atoms with van der Waals surface area (Å²) in [6, 6.07) is 13.4. The maximum Gasteiger partial charge on any atom is 0.220 e. The molecule has 0 bridgehead atoms. The third kappa shape index (κ3) is 4.73. The van der Waals surface area contributed by atoms with Gasteiger partial charge in [-0.05, 0) is 31.9 Å². The first-order valence-corrected chi connectivity index (χ1v) is 9.22. The van der Waals surface area contributed by atoms with Crippen molar-refractivity contribution in [3.8, 4) is 11.3 Å². The molecule has 4 nitrogen and oxygen atoms in total. The average Bonchev–Trinajstić information content (AvgIpc) is 3.04. The summed E-state index contributed by atoms with van der Waals surface area (Å²) in [7, 11) is 0. The molecule has 2 atom stereocenters. The van der Waals surface area contributed by atoms with E-state index >= 15 is 0 Å². The number of nitrogens with one attached hydrogen (secondary N) is 2. The Hall–Kier alpha value is -2.07. The van der Waals surface area contributed by atoms with Crippen LogP contribution in [0.2, 0.25) is 0 Å². The first-order valence-electron chi connectivity index (χ1n) is 9.22. The molecule has 1 heterocycles. The minimum Gasteiger partial charge on any atom is -0.461 e. The van der Waals surface area contributed by atoms with Gasteiger partial charge in [-0.15, -0.1) is 0 Å². The van der Waals surface area contributed by atoms with E-state index in [0.29, 0.717) is 24.9 Å². The van der Waals surface area contributed by atoms with E-state index in [1.54, 1.807) is 0 Å². The molecule has 2 unspecified atom stereocenters. The van der Waals surface area contributed by atoms with E-state index in [0.717, 1.165) is 29.9 Å². The third-order valence-corrected chi connectivity index (χ3v) is 4.76. The number of amides is 1. The van der Waals surface area contributed by atoms with Gasteiger partial charge >= 0.3 is 0 Å². The van der Waals surface area contributed by atoms with Gasteiger partial charge in [-0.1, -0.05) is 43.7 Å². The fraction of sp³-hybridized carbons (Fsp3) is 0.476. The molecule has 134 valence electrons. The van der Waals surface area contributed by atoms with Gasteiger partial charge in [0.05, 0.1) is 0 Å². The van der Waals surface area contributed by atoms with E-state index < -0.39 is 0 Å². The molecule has 3 rings (SSSR count). The van der Waals surface area contributed by atoms with Crippen LogP contribution in [-0.4, -0.2) is 24.0 Å². The van der Waals surface area contributed by atoms with E-state index in [1.807, 2.05) is 12.1 Å². The van der Waals surface area contributed by atoms with Gasteiger partial charge in [0.25, 0.3) is 0 Å². The maximum absolute atomic E-state index is 12.2.